The number of anilines is 1. The molecule has 4 amide bonds. The number of nitrogens with one attached hydrogen (secondary N) is 1. The fraction of sp³-hybridized carbons (Fsp3) is 0.400. The molecule has 4 rings (SSSR count). The van der Waals surface area contributed by atoms with Crippen molar-refractivity contribution in [2.75, 3.05) is 25.5 Å². The Kier molecular flexibility index (Phi) is 7.67. The van der Waals surface area contributed by atoms with Crippen LogP contribution in [0.3, 0.4) is 0 Å². The normalized spacial score (nSPS) is 20.1. The van der Waals surface area contributed by atoms with E-state index in [9.17, 15) is 36.7 Å². The lowest BCUT2D eigenvalue weighted by atomic mass is 9.96. The van der Waals surface area contributed by atoms with Gasteiger partial charge in [0.25, 0.3) is 5.91 Å². The lowest BCUT2D eigenvalue weighted by Gasteiger charge is -2.46. The highest BCUT2D eigenvalue weighted by molar-refractivity contribution is 6.39. The number of primary amides is 1. The summed E-state index contributed by atoms with van der Waals surface area (Å²) in [6.07, 6.45) is -5.44. The third-order valence-electron chi connectivity index (χ3n) is 7.05. The summed E-state index contributed by atoms with van der Waals surface area (Å²) in [4.78, 5) is 57.0. The van der Waals surface area contributed by atoms with Crippen LogP contribution in [0.4, 0.5) is 23.4 Å². The second-order valence-corrected chi connectivity index (χ2v) is 10.0. The van der Waals surface area contributed by atoms with Gasteiger partial charge in [-0.3, -0.25) is 19.2 Å². The third kappa shape index (κ3) is 5.27. The van der Waals surface area contributed by atoms with Gasteiger partial charge in [-0.15, -0.1) is 0 Å². The van der Waals surface area contributed by atoms with E-state index < -0.39 is 59.7 Å². The summed E-state index contributed by atoms with van der Waals surface area (Å²) in [7, 11) is 1.22. The van der Waals surface area contributed by atoms with Gasteiger partial charge >= 0.3 is 18.0 Å². The van der Waals surface area contributed by atoms with E-state index in [1.807, 2.05) is 0 Å². The van der Waals surface area contributed by atoms with E-state index in [-0.39, 0.29) is 47.2 Å². The first kappa shape index (κ1) is 29.1. The minimum atomic E-state index is -4.75. The molecule has 40 heavy (non-hydrogen) atoms. The fourth-order valence-electron chi connectivity index (χ4n) is 4.66. The monoisotopic (exact) mass is 585 g/mol. The first-order chi connectivity index (χ1) is 18.7. The number of nitrogens with zero attached hydrogens (tertiary/aromatic N) is 3. The van der Waals surface area contributed by atoms with Gasteiger partial charge in [-0.05, 0) is 49.6 Å². The molecule has 0 radical (unpaired) electrons. The standard InChI is InChI=1S/C25H24ClF4N5O5/c1-12-10-35(22(38)20(37)32-18-6-4-14(19(31)36)21(33-18)40-2)17(13-3-5-16(27)15(26)9-13)11-34(12)23(39)24(7-8-24)25(28,29)30/h3-6,9,12,17H,7-8,10-11H2,1-2H3,(H2,31,36)(H,32,33,37)/t12-,17-/m1/s1. The second kappa shape index (κ2) is 10.6. The van der Waals surface area contributed by atoms with Crippen LogP contribution in [0.2, 0.25) is 5.02 Å². The summed E-state index contributed by atoms with van der Waals surface area (Å²) in [5, 5.41) is 1.97. The maximum absolute atomic E-state index is 13.9. The fourth-order valence-corrected chi connectivity index (χ4v) is 4.85. The minimum Gasteiger partial charge on any atom is -0.480 e. The molecule has 1 aromatic heterocycles. The van der Waals surface area contributed by atoms with Gasteiger partial charge in [0, 0.05) is 19.1 Å². The largest absolute Gasteiger partial charge is 0.480 e. The molecule has 2 atom stereocenters. The highest BCUT2D eigenvalue weighted by atomic mass is 35.5. The number of benzene rings is 1. The molecule has 214 valence electrons. The molecule has 2 heterocycles. The zero-order chi connectivity index (χ0) is 29.6. The van der Waals surface area contributed by atoms with Gasteiger partial charge in [0.15, 0.2) is 0 Å². The molecule has 3 N–H and O–H groups in total. The Morgan fingerprint density at radius 3 is 2.35 bits per heavy atom. The number of amides is 4. The first-order valence-corrected chi connectivity index (χ1v) is 12.4. The number of rotatable bonds is 5. The Balaban J connectivity index is 1.63. The molecule has 0 bridgehead atoms. The summed E-state index contributed by atoms with van der Waals surface area (Å²) >= 11 is 5.92. The molecule has 1 saturated carbocycles. The van der Waals surface area contributed by atoms with Crippen LogP contribution in [0.15, 0.2) is 30.3 Å². The van der Waals surface area contributed by atoms with Crippen LogP contribution in [-0.4, -0.2) is 70.8 Å². The molecule has 10 nitrogen and oxygen atoms in total. The summed E-state index contributed by atoms with van der Waals surface area (Å²) < 4.78 is 60.0. The van der Waals surface area contributed by atoms with Crippen LogP contribution >= 0.6 is 11.6 Å². The number of piperazine rings is 1. The Hall–Kier alpha value is -3.94. The Bertz CT molecular complexity index is 1380. The second-order valence-electron chi connectivity index (χ2n) is 9.60. The minimum absolute atomic E-state index is 0.0676. The van der Waals surface area contributed by atoms with Crippen LogP contribution in [0.25, 0.3) is 0 Å². The van der Waals surface area contributed by atoms with E-state index in [1.165, 1.54) is 38.3 Å². The number of methoxy groups -OCH3 is 1. The number of nitrogens with two attached hydrogens (primary N) is 1. The van der Waals surface area contributed by atoms with Crippen molar-refractivity contribution in [1.29, 1.82) is 0 Å². The van der Waals surface area contributed by atoms with Crippen LogP contribution in [-0.2, 0) is 14.4 Å². The lowest BCUT2D eigenvalue weighted by Crippen LogP contribution is -2.60. The molecule has 1 aliphatic heterocycles. The molecule has 2 aliphatic rings. The number of pyridine rings is 1. The van der Waals surface area contributed by atoms with Crippen molar-refractivity contribution in [3.05, 3.63) is 52.3 Å². The number of alkyl halides is 3. The van der Waals surface area contributed by atoms with E-state index in [2.05, 4.69) is 10.3 Å². The summed E-state index contributed by atoms with van der Waals surface area (Å²) in [5.41, 5.74) is 2.90. The number of hydrogen-bond acceptors (Lipinski definition) is 6. The van der Waals surface area contributed by atoms with E-state index in [0.29, 0.717) is 0 Å². The molecule has 2 aromatic rings. The highest BCUT2D eigenvalue weighted by Crippen LogP contribution is 2.59. The molecule has 15 heteroatoms. The highest BCUT2D eigenvalue weighted by Gasteiger charge is 2.70. The van der Waals surface area contributed by atoms with Crippen molar-refractivity contribution < 1.29 is 41.5 Å². The number of carbonyl (C=O) groups is 4. The molecular weight excluding hydrogens is 562 g/mol. The van der Waals surface area contributed by atoms with Crippen LogP contribution in [0, 0.1) is 11.2 Å². The van der Waals surface area contributed by atoms with Gasteiger partial charge in [0.05, 0.1) is 18.2 Å². The van der Waals surface area contributed by atoms with Crippen LogP contribution < -0.4 is 15.8 Å². The maximum Gasteiger partial charge on any atom is 0.403 e. The van der Waals surface area contributed by atoms with Gasteiger partial charge in [-0.2, -0.15) is 18.2 Å². The summed E-state index contributed by atoms with van der Waals surface area (Å²) in [6.45, 7) is 0.770. The zero-order valence-corrected chi connectivity index (χ0v) is 22.0. The third-order valence-corrected chi connectivity index (χ3v) is 7.34. The van der Waals surface area contributed by atoms with E-state index in [4.69, 9.17) is 22.1 Å². The van der Waals surface area contributed by atoms with Crippen molar-refractivity contribution >= 4 is 41.0 Å². The summed E-state index contributed by atoms with van der Waals surface area (Å²) in [5.74, 6) is -5.33. The van der Waals surface area contributed by atoms with Crippen molar-refractivity contribution in [2.24, 2.45) is 11.1 Å². The predicted molar refractivity (Wildman–Crippen MR) is 133 cm³/mol. The number of halogens is 5. The van der Waals surface area contributed by atoms with E-state index in [1.54, 1.807) is 0 Å². The lowest BCUT2D eigenvalue weighted by molar-refractivity contribution is -0.201. The molecule has 1 aromatic carbocycles. The molecule has 0 unspecified atom stereocenters. The molecule has 0 spiro atoms. The van der Waals surface area contributed by atoms with E-state index >= 15 is 0 Å². The average molecular weight is 586 g/mol. The Morgan fingerprint density at radius 1 is 1.12 bits per heavy atom. The molecule has 2 fully saturated rings. The smallest absolute Gasteiger partial charge is 0.403 e. The topological polar surface area (TPSA) is 135 Å². The predicted octanol–water partition coefficient (Wildman–Crippen LogP) is 3.06. The van der Waals surface area contributed by atoms with Gasteiger partial charge in [0.1, 0.15) is 22.6 Å². The Morgan fingerprint density at radius 2 is 1.80 bits per heavy atom. The average Bonchev–Trinajstić information content (AvgIpc) is 3.71. The number of carbonyl (C=O) groups excluding carboxylic acids is 4. The number of ether oxygens (including phenoxy) is 1. The number of aromatic nitrogens is 1. The maximum atomic E-state index is 13.9. The van der Waals surface area contributed by atoms with E-state index in [0.717, 1.165) is 15.9 Å². The quantitative estimate of drug-likeness (QED) is 0.409. The van der Waals surface area contributed by atoms with Crippen LogP contribution in [0.5, 0.6) is 5.88 Å². The van der Waals surface area contributed by atoms with Crippen molar-refractivity contribution in [1.82, 2.24) is 14.8 Å². The first-order valence-electron chi connectivity index (χ1n) is 12.0. The van der Waals surface area contributed by atoms with Crippen molar-refractivity contribution in [3.63, 3.8) is 0 Å². The molecule has 1 aliphatic carbocycles. The number of hydrogen-bond donors (Lipinski definition) is 2. The Labute approximate surface area is 230 Å². The van der Waals surface area contributed by atoms with Crippen LogP contribution in [0.1, 0.15) is 41.7 Å². The van der Waals surface area contributed by atoms with Crippen molar-refractivity contribution in [2.45, 2.75) is 38.0 Å². The van der Waals surface area contributed by atoms with Crippen molar-refractivity contribution in [3.8, 4) is 5.88 Å². The zero-order valence-electron chi connectivity index (χ0n) is 21.2. The van der Waals surface area contributed by atoms with Gasteiger partial charge in [0.2, 0.25) is 11.8 Å². The molecule has 1 saturated heterocycles. The molecular formula is C25H24ClF4N5O5. The van der Waals surface area contributed by atoms with Gasteiger partial charge in [-0.1, -0.05) is 17.7 Å². The van der Waals surface area contributed by atoms with Gasteiger partial charge < -0.3 is 25.6 Å². The SMILES string of the molecule is COc1nc(NC(=O)C(=O)N2C[C@@H](C)N(C(=O)C3(C(F)(F)F)CC3)C[C@@H]2c2ccc(F)c(Cl)c2)ccc1C(N)=O. The summed E-state index contributed by atoms with van der Waals surface area (Å²) in [6, 6.07) is 3.91. The van der Waals surface area contributed by atoms with Gasteiger partial charge in [-0.25, -0.2) is 4.39 Å².